The van der Waals surface area contributed by atoms with Gasteiger partial charge < -0.3 is 0 Å². The third-order valence-electron chi connectivity index (χ3n) is 5.88. The van der Waals surface area contributed by atoms with Crippen LogP contribution in [0.1, 0.15) is 29.2 Å². The lowest BCUT2D eigenvalue weighted by Gasteiger charge is -2.08. The second-order valence-corrected chi connectivity index (χ2v) is 8.26. The first-order valence-corrected chi connectivity index (χ1v) is 11.6. The molecule has 7 nitrogen and oxygen atoms in total. The summed E-state index contributed by atoms with van der Waals surface area (Å²) >= 11 is 0. The number of hydrogen-bond acceptors (Lipinski definition) is 5. The maximum absolute atomic E-state index is 5.51. The summed E-state index contributed by atoms with van der Waals surface area (Å²) < 4.78 is 1.96. The number of terminal acetylenes is 1. The standard InChI is InChI=1S/C28H25N7/c1-2-3-19-35-27(29-26(32-35)18-15-21-9-5-4-6-10-21)20-22-13-16-23(17-14-22)24-11-7-8-12-25(24)28-30-33-34-31-28/h1,4-14,16-17H,3,15,18-20H2,(H,30,31,33,34). The van der Waals surface area contributed by atoms with Crippen LogP contribution < -0.4 is 0 Å². The largest absolute Gasteiger partial charge is 0.249 e. The van der Waals surface area contributed by atoms with E-state index in [1.807, 2.05) is 28.9 Å². The van der Waals surface area contributed by atoms with E-state index in [2.05, 4.69) is 81.1 Å². The zero-order valence-electron chi connectivity index (χ0n) is 19.3. The fourth-order valence-corrected chi connectivity index (χ4v) is 4.10. The van der Waals surface area contributed by atoms with Gasteiger partial charge in [-0.3, -0.25) is 0 Å². The summed E-state index contributed by atoms with van der Waals surface area (Å²) in [5.41, 5.74) is 5.53. The van der Waals surface area contributed by atoms with Gasteiger partial charge in [0.2, 0.25) is 5.82 Å². The average Bonchev–Trinajstić information content (AvgIpc) is 3.58. The van der Waals surface area contributed by atoms with Gasteiger partial charge in [-0.05, 0) is 33.9 Å². The van der Waals surface area contributed by atoms with E-state index in [0.29, 0.717) is 25.2 Å². The predicted octanol–water partition coefficient (Wildman–Crippen LogP) is 4.52. The molecule has 0 spiro atoms. The second-order valence-electron chi connectivity index (χ2n) is 8.26. The van der Waals surface area contributed by atoms with Crippen molar-refractivity contribution in [1.29, 1.82) is 0 Å². The SMILES string of the molecule is C#CCCn1nc(CCc2ccccc2)nc1Cc1ccc(-c2ccccc2-c2nn[nH]n2)cc1. The molecule has 2 heterocycles. The third kappa shape index (κ3) is 5.33. The van der Waals surface area contributed by atoms with Gasteiger partial charge in [0.05, 0.1) is 6.54 Å². The number of aryl methyl sites for hydroxylation is 3. The average molecular weight is 460 g/mol. The molecule has 0 bridgehead atoms. The van der Waals surface area contributed by atoms with Crippen molar-refractivity contribution in [3.63, 3.8) is 0 Å². The van der Waals surface area contributed by atoms with E-state index in [4.69, 9.17) is 16.5 Å². The van der Waals surface area contributed by atoms with E-state index < -0.39 is 0 Å². The highest BCUT2D eigenvalue weighted by molar-refractivity contribution is 5.80. The molecule has 0 unspecified atom stereocenters. The first-order chi connectivity index (χ1) is 17.3. The van der Waals surface area contributed by atoms with Crippen LogP contribution in [0.5, 0.6) is 0 Å². The number of rotatable bonds is 9. The third-order valence-corrected chi connectivity index (χ3v) is 5.88. The Morgan fingerprint density at radius 1 is 0.829 bits per heavy atom. The summed E-state index contributed by atoms with van der Waals surface area (Å²) in [5.74, 6) is 5.08. The molecule has 1 N–H and O–H groups in total. The molecule has 2 aromatic heterocycles. The topological polar surface area (TPSA) is 85.2 Å². The monoisotopic (exact) mass is 459 g/mol. The number of hydrogen-bond donors (Lipinski definition) is 1. The van der Waals surface area contributed by atoms with Crippen LogP contribution in [0.2, 0.25) is 0 Å². The molecule has 35 heavy (non-hydrogen) atoms. The number of benzene rings is 3. The van der Waals surface area contributed by atoms with Gasteiger partial charge in [0.15, 0.2) is 5.82 Å². The maximum atomic E-state index is 5.51. The molecule has 5 rings (SSSR count). The van der Waals surface area contributed by atoms with Gasteiger partial charge in [-0.1, -0.05) is 78.9 Å². The van der Waals surface area contributed by atoms with Gasteiger partial charge in [-0.25, -0.2) is 9.67 Å². The molecule has 0 fully saturated rings. The highest BCUT2D eigenvalue weighted by Crippen LogP contribution is 2.30. The minimum Gasteiger partial charge on any atom is -0.249 e. The summed E-state index contributed by atoms with van der Waals surface area (Å²) in [7, 11) is 0. The van der Waals surface area contributed by atoms with Gasteiger partial charge in [0.1, 0.15) is 5.82 Å². The number of tetrazole rings is 1. The minimum absolute atomic E-state index is 0.578. The molecule has 0 aliphatic rings. The minimum atomic E-state index is 0.578. The van der Waals surface area contributed by atoms with Gasteiger partial charge >= 0.3 is 0 Å². The van der Waals surface area contributed by atoms with Crippen molar-refractivity contribution >= 4 is 0 Å². The molecule has 0 aliphatic heterocycles. The predicted molar refractivity (Wildman–Crippen MR) is 135 cm³/mol. The van der Waals surface area contributed by atoms with Crippen LogP contribution in [0.4, 0.5) is 0 Å². The lowest BCUT2D eigenvalue weighted by Crippen LogP contribution is -2.06. The highest BCUT2D eigenvalue weighted by Gasteiger charge is 2.13. The van der Waals surface area contributed by atoms with Crippen molar-refractivity contribution in [3.8, 4) is 34.9 Å². The molecule has 172 valence electrons. The molecule has 0 saturated heterocycles. The summed E-state index contributed by atoms with van der Waals surface area (Å²) in [6, 6.07) is 27.0. The van der Waals surface area contributed by atoms with Crippen molar-refractivity contribution < 1.29 is 0 Å². The molecule has 0 amide bonds. The van der Waals surface area contributed by atoms with Crippen LogP contribution in [-0.2, 0) is 25.8 Å². The lowest BCUT2D eigenvalue weighted by molar-refractivity contribution is 0.593. The first kappa shape index (κ1) is 22.2. The van der Waals surface area contributed by atoms with Crippen LogP contribution in [-0.4, -0.2) is 35.4 Å². The normalized spacial score (nSPS) is 10.8. The van der Waals surface area contributed by atoms with Crippen LogP contribution in [0, 0.1) is 12.3 Å². The highest BCUT2D eigenvalue weighted by atomic mass is 15.5. The Kier molecular flexibility index (Phi) is 6.72. The van der Waals surface area contributed by atoms with Crippen LogP contribution >= 0.6 is 0 Å². The fraction of sp³-hybridized carbons (Fsp3) is 0.179. The van der Waals surface area contributed by atoms with E-state index in [9.17, 15) is 0 Å². The Labute approximate surface area is 204 Å². The Bertz CT molecular complexity index is 1410. The van der Waals surface area contributed by atoms with Crippen molar-refractivity contribution in [1.82, 2.24) is 35.4 Å². The van der Waals surface area contributed by atoms with E-state index in [-0.39, 0.29) is 0 Å². The summed E-state index contributed by atoms with van der Waals surface area (Å²) in [6.45, 7) is 0.667. The zero-order valence-corrected chi connectivity index (χ0v) is 19.3. The molecule has 0 radical (unpaired) electrons. The van der Waals surface area contributed by atoms with Gasteiger partial charge in [-0.2, -0.15) is 10.3 Å². The van der Waals surface area contributed by atoms with Crippen molar-refractivity contribution in [3.05, 3.63) is 102 Å². The molecule has 7 heteroatoms. The number of H-pyrrole nitrogens is 1. The van der Waals surface area contributed by atoms with Crippen LogP contribution in [0.25, 0.3) is 22.5 Å². The summed E-state index contributed by atoms with van der Waals surface area (Å²) in [5, 5.41) is 19.2. The second kappa shape index (κ2) is 10.6. The fourth-order valence-electron chi connectivity index (χ4n) is 4.10. The molecule has 3 aromatic carbocycles. The van der Waals surface area contributed by atoms with Crippen molar-refractivity contribution in [2.75, 3.05) is 0 Å². The van der Waals surface area contributed by atoms with Crippen LogP contribution in [0.3, 0.4) is 0 Å². The maximum Gasteiger partial charge on any atom is 0.205 e. The number of aromatic amines is 1. The molecular formula is C28H25N7. The van der Waals surface area contributed by atoms with Gasteiger partial charge in [0.25, 0.3) is 0 Å². The Balaban J connectivity index is 1.34. The van der Waals surface area contributed by atoms with Crippen molar-refractivity contribution in [2.45, 2.75) is 32.2 Å². The number of nitrogens with one attached hydrogen (secondary N) is 1. The van der Waals surface area contributed by atoms with Crippen LogP contribution in [0.15, 0.2) is 78.9 Å². The molecule has 0 saturated carbocycles. The van der Waals surface area contributed by atoms with E-state index in [1.165, 1.54) is 5.56 Å². The summed E-state index contributed by atoms with van der Waals surface area (Å²) in [4.78, 5) is 4.86. The molecule has 0 atom stereocenters. The van der Waals surface area contributed by atoms with Crippen molar-refractivity contribution in [2.24, 2.45) is 0 Å². The molecule has 5 aromatic rings. The molecule has 0 aliphatic carbocycles. The van der Waals surface area contributed by atoms with E-state index in [1.54, 1.807) is 0 Å². The van der Waals surface area contributed by atoms with Gasteiger partial charge in [-0.15, -0.1) is 22.5 Å². The summed E-state index contributed by atoms with van der Waals surface area (Å²) in [6.07, 6.45) is 8.54. The zero-order chi connectivity index (χ0) is 23.9. The lowest BCUT2D eigenvalue weighted by atomic mass is 9.98. The Morgan fingerprint density at radius 3 is 2.34 bits per heavy atom. The quantitative estimate of drug-likeness (QED) is 0.328. The van der Waals surface area contributed by atoms with E-state index in [0.717, 1.165) is 46.7 Å². The molecular weight excluding hydrogens is 434 g/mol. The van der Waals surface area contributed by atoms with Gasteiger partial charge in [0, 0.05) is 24.8 Å². The smallest absolute Gasteiger partial charge is 0.205 e. The Hall–Kier alpha value is -4.57. The Morgan fingerprint density at radius 2 is 1.60 bits per heavy atom. The number of nitrogens with zero attached hydrogens (tertiary/aromatic N) is 6. The first-order valence-electron chi connectivity index (χ1n) is 11.6. The van der Waals surface area contributed by atoms with E-state index >= 15 is 0 Å². The number of aromatic nitrogens is 7.